The third-order valence-corrected chi connectivity index (χ3v) is 11.6. The van der Waals surface area contributed by atoms with Gasteiger partial charge in [0, 0.05) is 44.1 Å². The van der Waals surface area contributed by atoms with Gasteiger partial charge in [-0.2, -0.15) is 0 Å². The Morgan fingerprint density at radius 1 is 1.06 bits per heavy atom. The molecule has 0 radical (unpaired) electrons. The Balaban J connectivity index is 1.70. The molecule has 6 atom stereocenters. The Hall–Kier alpha value is -3.14. The molecule has 2 N–H and O–H groups in total. The van der Waals surface area contributed by atoms with Crippen molar-refractivity contribution in [2.45, 2.75) is 115 Å². The second-order valence-corrected chi connectivity index (χ2v) is 14.8. The molecule has 2 fully saturated rings. The lowest BCUT2D eigenvalue weighted by atomic mass is 9.55. The van der Waals surface area contributed by atoms with Gasteiger partial charge in [0.25, 0.3) is 0 Å². The van der Waals surface area contributed by atoms with E-state index in [1.165, 1.54) is 25.7 Å². The second-order valence-electron chi connectivity index (χ2n) is 14.8. The molecule has 5 rings (SSSR count). The summed E-state index contributed by atoms with van der Waals surface area (Å²) >= 11 is 0. The van der Waals surface area contributed by atoms with Gasteiger partial charge in [0.15, 0.2) is 0 Å². The van der Waals surface area contributed by atoms with E-state index in [4.69, 9.17) is 19.0 Å². The van der Waals surface area contributed by atoms with Crippen LogP contribution in [0.3, 0.4) is 0 Å². The first kappa shape index (κ1) is 39.1. The fraction of sp³-hybridized carbons (Fsp3) is 0.667. The van der Waals surface area contributed by atoms with Crippen LogP contribution in [0, 0.1) is 23.7 Å². The molecule has 1 aromatic rings. The van der Waals surface area contributed by atoms with E-state index in [1.54, 1.807) is 19.3 Å². The van der Waals surface area contributed by atoms with Crippen molar-refractivity contribution in [2.75, 3.05) is 40.1 Å². The Morgan fingerprint density at radius 3 is 2.49 bits per heavy atom. The number of allylic oxidation sites excluding steroid dienone is 1. The molecule has 4 aliphatic rings. The summed E-state index contributed by atoms with van der Waals surface area (Å²) in [5.41, 5.74) is 2.93. The number of carbonyl (C=O) groups excluding carboxylic acids is 1. The normalized spacial score (nSPS) is 27.6. The van der Waals surface area contributed by atoms with Crippen LogP contribution < -0.4 is 9.47 Å². The fourth-order valence-corrected chi connectivity index (χ4v) is 9.47. The summed E-state index contributed by atoms with van der Waals surface area (Å²) in [5.74, 6) is 1.00. The Kier molecular flexibility index (Phi) is 14.6. The van der Waals surface area contributed by atoms with Crippen molar-refractivity contribution in [2.24, 2.45) is 28.8 Å². The van der Waals surface area contributed by atoms with Crippen molar-refractivity contribution in [1.82, 2.24) is 4.90 Å². The molecular weight excluding hydrogens is 644 g/mol. The molecule has 1 aromatic carbocycles. The minimum Gasteiger partial charge on any atom is -0.490 e. The smallest absolute Gasteiger partial charge is 0.239 e. The standard InChI is InChI=1S/C42H62N2O7/c1-5-22-44(39(47)21-18-30-14-8-9-15-30)38-29-36(43-48-4)34-27-31(16-10-12-23-45)33(17-11-13-24-46)40-35-28-32(49-25-6-2)19-20-37(35)51-42(38,41(34)40)50-26-7-3/h6-7,19-20,27-28,30-31,33,38,40-41,45-46H,2-3,5,8-18,21-26,29H2,1,4H3. The zero-order valence-corrected chi connectivity index (χ0v) is 31.1. The Morgan fingerprint density at radius 2 is 1.80 bits per heavy atom. The molecule has 1 amide bonds. The Bertz CT molecular complexity index is 1370. The van der Waals surface area contributed by atoms with Gasteiger partial charge < -0.3 is 34.2 Å². The van der Waals surface area contributed by atoms with Gasteiger partial charge in [0.05, 0.1) is 18.2 Å². The van der Waals surface area contributed by atoms with Crippen LogP contribution in [0.1, 0.15) is 108 Å². The largest absolute Gasteiger partial charge is 0.490 e. The summed E-state index contributed by atoms with van der Waals surface area (Å²) in [6.07, 6.45) is 18.5. The van der Waals surface area contributed by atoms with Crippen molar-refractivity contribution in [3.63, 3.8) is 0 Å². The second kappa shape index (κ2) is 19.1. The van der Waals surface area contributed by atoms with Crippen LogP contribution in [0.25, 0.3) is 0 Å². The zero-order chi connectivity index (χ0) is 36.2. The van der Waals surface area contributed by atoms with Crippen molar-refractivity contribution < 1.29 is 34.1 Å². The quantitative estimate of drug-likeness (QED) is 0.0765. The van der Waals surface area contributed by atoms with Crippen molar-refractivity contribution in [1.29, 1.82) is 0 Å². The molecule has 282 valence electrons. The van der Waals surface area contributed by atoms with E-state index in [2.05, 4.69) is 37.4 Å². The predicted octanol–water partition coefficient (Wildman–Crippen LogP) is 7.72. The van der Waals surface area contributed by atoms with Crippen LogP contribution >= 0.6 is 0 Å². The van der Waals surface area contributed by atoms with Crippen molar-refractivity contribution in [3.8, 4) is 11.5 Å². The van der Waals surface area contributed by atoms with Gasteiger partial charge in [-0.3, -0.25) is 4.79 Å². The van der Waals surface area contributed by atoms with E-state index in [0.717, 1.165) is 79.7 Å². The maximum absolute atomic E-state index is 14.5. The van der Waals surface area contributed by atoms with Crippen LogP contribution in [0.4, 0.5) is 0 Å². The van der Waals surface area contributed by atoms with E-state index in [0.29, 0.717) is 31.9 Å². The highest BCUT2D eigenvalue weighted by atomic mass is 16.7. The number of unbranched alkanes of at least 4 members (excludes halogenated alkanes) is 2. The molecule has 3 aliphatic carbocycles. The van der Waals surface area contributed by atoms with Crippen molar-refractivity contribution in [3.05, 3.63) is 60.7 Å². The van der Waals surface area contributed by atoms with Gasteiger partial charge in [0.1, 0.15) is 31.3 Å². The van der Waals surface area contributed by atoms with Crippen LogP contribution in [0.2, 0.25) is 0 Å². The van der Waals surface area contributed by atoms with E-state index >= 15 is 0 Å². The highest BCUT2D eigenvalue weighted by molar-refractivity contribution is 6.03. The first-order chi connectivity index (χ1) is 25.0. The number of hydrogen-bond donors (Lipinski definition) is 2. The maximum atomic E-state index is 14.5. The average Bonchev–Trinajstić information content (AvgIpc) is 3.67. The number of rotatable bonds is 21. The van der Waals surface area contributed by atoms with Crippen LogP contribution in [0.15, 0.2) is 60.3 Å². The van der Waals surface area contributed by atoms with Gasteiger partial charge in [-0.1, -0.05) is 75.4 Å². The van der Waals surface area contributed by atoms with Gasteiger partial charge >= 0.3 is 0 Å². The number of ether oxygens (including phenoxy) is 3. The monoisotopic (exact) mass is 706 g/mol. The Labute approximate surface area is 305 Å². The summed E-state index contributed by atoms with van der Waals surface area (Å²) in [4.78, 5) is 22.1. The molecule has 0 bridgehead atoms. The number of aliphatic hydroxyl groups excluding tert-OH is 2. The molecule has 9 nitrogen and oxygen atoms in total. The summed E-state index contributed by atoms with van der Waals surface area (Å²) in [5, 5.41) is 24.2. The summed E-state index contributed by atoms with van der Waals surface area (Å²) in [6, 6.07) is 5.59. The van der Waals surface area contributed by atoms with Crippen molar-refractivity contribution >= 4 is 11.6 Å². The van der Waals surface area contributed by atoms with E-state index in [-0.39, 0.29) is 49.4 Å². The summed E-state index contributed by atoms with van der Waals surface area (Å²) in [7, 11) is 1.59. The molecule has 0 saturated heterocycles. The fourth-order valence-electron chi connectivity index (χ4n) is 9.47. The van der Waals surface area contributed by atoms with E-state index in [1.807, 2.05) is 17.0 Å². The minimum absolute atomic E-state index is 0.0643. The van der Waals surface area contributed by atoms with Gasteiger partial charge in [-0.15, -0.1) is 6.58 Å². The van der Waals surface area contributed by atoms with Gasteiger partial charge in [0.2, 0.25) is 11.7 Å². The first-order valence-electron chi connectivity index (χ1n) is 19.6. The zero-order valence-electron chi connectivity index (χ0n) is 31.1. The molecule has 0 spiro atoms. The third-order valence-electron chi connectivity index (χ3n) is 11.6. The first-order valence-corrected chi connectivity index (χ1v) is 19.6. The van der Waals surface area contributed by atoms with E-state index < -0.39 is 11.8 Å². The molecule has 51 heavy (non-hydrogen) atoms. The third kappa shape index (κ3) is 8.74. The van der Waals surface area contributed by atoms with Crippen LogP contribution in [0.5, 0.6) is 11.5 Å². The van der Waals surface area contributed by atoms with E-state index in [9.17, 15) is 15.0 Å². The minimum atomic E-state index is -1.21. The SMILES string of the molecule is C=CCOc1ccc2c(c1)C1C(CCCCO)C(CCCCO)C=C3C(=NOC)CC(N(CCC)C(=O)CCC4CCCC4)C(OCC=C)(O2)C31. The van der Waals surface area contributed by atoms with Gasteiger partial charge in [-0.05, 0) is 80.1 Å². The highest BCUT2D eigenvalue weighted by Crippen LogP contribution is 2.62. The molecule has 9 heteroatoms. The number of benzene rings is 1. The number of amides is 1. The average molecular weight is 707 g/mol. The summed E-state index contributed by atoms with van der Waals surface area (Å²) in [6.45, 7) is 11.5. The number of fused-ring (bicyclic) bond motifs is 2. The molecule has 2 saturated carbocycles. The maximum Gasteiger partial charge on any atom is 0.239 e. The summed E-state index contributed by atoms with van der Waals surface area (Å²) < 4.78 is 20.4. The predicted molar refractivity (Wildman–Crippen MR) is 201 cm³/mol. The topological polar surface area (TPSA) is 110 Å². The highest BCUT2D eigenvalue weighted by Gasteiger charge is 2.65. The number of carbonyl (C=O) groups is 1. The molecular formula is C42H62N2O7. The number of hydrogen-bond acceptors (Lipinski definition) is 8. The molecule has 1 aliphatic heterocycles. The number of aliphatic hydroxyl groups is 2. The lowest BCUT2D eigenvalue weighted by Crippen LogP contribution is -2.70. The number of nitrogens with zero attached hydrogens (tertiary/aromatic N) is 2. The lowest BCUT2D eigenvalue weighted by Gasteiger charge is -2.60. The molecule has 1 heterocycles. The number of oxime groups is 1. The molecule has 6 unspecified atom stereocenters. The van der Waals surface area contributed by atoms with Gasteiger partial charge in [-0.25, -0.2) is 0 Å². The molecule has 0 aromatic heterocycles. The lowest BCUT2D eigenvalue weighted by molar-refractivity contribution is -0.257. The van der Waals surface area contributed by atoms with Crippen LogP contribution in [-0.2, 0) is 14.4 Å². The van der Waals surface area contributed by atoms with Crippen LogP contribution in [-0.4, -0.2) is 78.6 Å².